The van der Waals surface area contributed by atoms with Crippen molar-refractivity contribution in [2.75, 3.05) is 13.1 Å². The van der Waals surface area contributed by atoms with Crippen LogP contribution in [0, 0.1) is 0 Å². The Hall–Kier alpha value is -1.47. The minimum absolute atomic E-state index is 0.0463. The third kappa shape index (κ3) is 5.76. The van der Waals surface area contributed by atoms with Gasteiger partial charge in [-0.3, -0.25) is 0 Å². The minimum atomic E-state index is -5.08. The summed E-state index contributed by atoms with van der Waals surface area (Å²) in [5.74, 6) is -2.76. The summed E-state index contributed by atoms with van der Waals surface area (Å²) in [6.45, 7) is 1.55. The number of aliphatic carboxylic acids is 1. The molecule has 0 radical (unpaired) electrons. The fourth-order valence-electron chi connectivity index (χ4n) is 0.415. The van der Waals surface area contributed by atoms with Gasteiger partial charge in [-0.2, -0.15) is 13.2 Å². The number of rotatable bonds is 0. The maximum atomic E-state index is 10.6. The number of hydrogen-bond donors (Lipinski definition) is 3. The second-order valence-electron chi connectivity index (χ2n) is 1.99. The van der Waals surface area contributed by atoms with Crippen LogP contribution in [0.3, 0.4) is 0 Å². The van der Waals surface area contributed by atoms with E-state index < -0.39 is 12.1 Å². The van der Waals surface area contributed by atoms with E-state index in [1.807, 2.05) is 0 Å². The van der Waals surface area contributed by atoms with Crippen LogP contribution in [-0.4, -0.2) is 36.4 Å². The Labute approximate surface area is 70.9 Å². The fraction of sp³-hybridized carbons (Fsp3) is 0.600. The molecule has 0 aromatic heterocycles. The van der Waals surface area contributed by atoms with Crippen LogP contribution in [-0.2, 0) is 4.79 Å². The van der Waals surface area contributed by atoms with Crippen LogP contribution in [0.5, 0.6) is 0 Å². The molecule has 76 valence electrons. The van der Waals surface area contributed by atoms with Gasteiger partial charge in [-0.05, 0) is 0 Å². The number of carboxylic acids is 1. The normalized spacial score (nSPS) is 15.2. The van der Waals surface area contributed by atoms with Crippen LogP contribution >= 0.6 is 0 Å². The summed E-state index contributed by atoms with van der Waals surface area (Å²) in [7, 11) is 0. The number of alkyl halides is 3. The number of nitrogens with one attached hydrogen (secondary N) is 2. The van der Waals surface area contributed by atoms with Crippen molar-refractivity contribution in [1.29, 1.82) is 0 Å². The lowest BCUT2D eigenvalue weighted by atomic mass is 10.7. The maximum absolute atomic E-state index is 10.6. The van der Waals surface area contributed by atoms with Gasteiger partial charge >= 0.3 is 18.2 Å². The highest BCUT2D eigenvalue weighted by atomic mass is 19.4. The lowest BCUT2D eigenvalue weighted by molar-refractivity contribution is -0.192. The Morgan fingerprint density at radius 1 is 1.31 bits per heavy atom. The van der Waals surface area contributed by atoms with Gasteiger partial charge in [-0.25, -0.2) is 9.59 Å². The van der Waals surface area contributed by atoms with Crippen molar-refractivity contribution in [3.63, 3.8) is 0 Å². The average molecular weight is 200 g/mol. The molecule has 1 heterocycles. The molecule has 0 atom stereocenters. The molecule has 0 bridgehead atoms. The molecule has 1 fully saturated rings. The second kappa shape index (κ2) is 4.53. The predicted octanol–water partition coefficient (Wildman–Crippen LogP) is -0.0675. The van der Waals surface area contributed by atoms with Crippen LogP contribution in [0.1, 0.15) is 0 Å². The summed E-state index contributed by atoms with van der Waals surface area (Å²) in [5.41, 5.74) is 0. The van der Waals surface area contributed by atoms with Crippen molar-refractivity contribution in [3.8, 4) is 0 Å². The largest absolute Gasteiger partial charge is 0.490 e. The standard InChI is InChI=1S/C3H6N2O.C2HF3O2/c6-3-4-1-2-5-3;3-2(4,5)1(6)7/h1-2H2,(H2,4,5,6);(H,6,7). The molecule has 1 saturated heterocycles. The molecule has 13 heavy (non-hydrogen) atoms. The van der Waals surface area contributed by atoms with E-state index in [0.29, 0.717) is 0 Å². The van der Waals surface area contributed by atoms with Crippen molar-refractivity contribution < 1.29 is 27.9 Å². The fourth-order valence-corrected chi connectivity index (χ4v) is 0.415. The summed E-state index contributed by atoms with van der Waals surface area (Å²) in [6.07, 6.45) is -5.08. The Morgan fingerprint density at radius 2 is 1.62 bits per heavy atom. The molecule has 1 rings (SSSR count). The van der Waals surface area contributed by atoms with Gasteiger partial charge in [0.15, 0.2) is 0 Å². The predicted molar refractivity (Wildman–Crippen MR) is 35.1 cm³/mol. The molecule has 0 aromatic carbocycles. The molecular weight excluding hydrogens is 193 g/mol. The first-order chi connectivity index (χ1) is 5.84. The lowest BCUT2D eigenvalue weighted by Crippen LogP contribution is -2.21. The molecular formula is C5H7F3N2O3. The van der Waals surface area contributed by atoms with Crippen LogP contribution in [0.2, 0.25) is 0 Å². The maximum Gasteiger partial charge on any atom is 0.490 e. The molecule has 0 aromatic rings. The summed E-state index contributed by atoms with van der Waals surface area (Å²) >= 11 is 0. The quantitative estimate of drug-likeness (QED) is 0.512. The number of carbonyl (C=O) groups is 2. The van der Waals surface area contributed by atoms with Gasteiger partial charge in [0.05, 0.1) is 0 Å². The van der Waals surface area contributed by atoms with E-state index in [2.05, 4.69) is 10.6 Å². The van der Waals surface area contributed by atoms with Crippen molar-refractivity contribution in [1.82, 2.24) is 10.6 Å². The van der Waals surface area contributed by atoms with E-state index in [4.69, 9.17) is 9.90 Å². The number of amides is 2. The van der Waals surface area contributed by atoms with E-state index in [1.54, 1.807) is 0 Å². The average Bonchev–Trinajstić information content (AvgIpc) is 2.38. The number of urea groups is 1. The highest BCUT2D eigenvalue weighted by molar-refractivity contribution is 5.75. The van der Waals surface area contributed by atoms with Gasteiger partial charge in [-0.1, -0.05) is 0 Å². The molecule has 1 aliphatic heterocycles. The third-order valence-electron chi connectivity index (χ3n) is 0.939. The summed E-state index contributed by atoms with van der Waals surface area (Å²) < 4.78 is 31.7. The zero-order valence-electron chi connectivity index (χ0n) is 6.31. The lowest BCUT2D eigenvalue weighted by Gasteiger charge is -1.93. The van der Waals surface area contributed by atoms with Crippen molar-refractivity contribution in [2.24, 2.45) is 0 Å². The van der Waals surface area contributed by atoms with E-state index in [1.165, 1.54) is 0 Å². The molecule has 0 aliphatic carbocycles. The second-order valence-corrected chi connectivity index (χ2v) is 1.99. The minimum Gasteiger partial charge on any atom is -0.475 e. The molecule has 5 nitrogen and oxygen atoms in total. The summed E-state index contributed by atoms with van der Waals surface area (Å²) in [6, 6.07) is -0.0463. The van der Waals surface area contributed by atoms with Gasteiger partial charge in [0.2, 0.25) is 0 Å². The summed E-state index contributed by atoms with van der Waals surface area (Å²) in [5, 5.41) is 12.3. The van der Waals surface area contributed by atoms with Crippen LogP contribution in [0.25, 0.3) is 0 Å². The number of carboxylic acid groups (broad SMARTS) is 1. The molecule has 8 heteroatoms. The first-order valence-electron chi connectivity index (χ1n) is 3.16. The SMILES string of the molecule is O=C(O)C(F)(F)F.O=C1NCCN1. The highest BCUT2D eigenvalue weighted by Gasteiger charge is 2.38. The molecule has 0 unspecified atom stereocenters. The van der Waals surface area contributed by atoms with E-state index >= 15 is 0 Å². The smallest absolute Gasteiger partial charge is 0.475 e. The van der Waals surface area contributed by atoms with Crippen molar-refractivity contribution in [3.05, 3.63) is 0 Å². The number of carbonyl (C=O) groups excluding carboxylic acids is 1. The van der Waals surface area contributed by atoms with E-state index in [9.17, 15) is 18.0 Å². The Balaban J connectivity index is 0.000000223. The van der Waals surface area contributed by atoms with Crippen LogP contribution < -0.4 is 10.6 Å². The van der Waals surface area contributed by atoms with Crippen LogP contribution in [0.4, 0.5) is 18.0 Å². The molecule has 2 amide bonds. The molecule has 0 saturated carbocycles. The zero-order valence-corrected chi connectivity index (χ0v) is 6.31. The zero-order chi connectivity index (χ0) is 10.5. The Bertz CT molecular complexity index is 196. The van der Waals surface area contributed by atoms with Gasteiger partial charge < -0.3 is 15.7 Å². The number of hydrogen-bond acceptors (Lipinski definition) is 2. The Morgan fingerprint density at radius 3 is 1.69 bits per heavy atom. The first kappa shape index (κ1) is 11.5. The van der Waals surface area contributed by atoms with E-state index in [0.717, 1.165) is 13.1 Å². The monoisotopic (exact) mass is 200 g/mol. The Kier molecular flexibility index (Phi) is 4.02. The molecule has 0 spiro atoms. The number of halogens is 3. The van der Waals surface area contributed by atoms with Crippen molar-refractivity contribution in [2.45, 2.75) is 6.18 Å². The van der Waals surface area contributed by atoms with Crippen LogP contribution in [0.15, 0.2) is 0 Å². The third-order valence-corrected chi connectivity index (χ3v) is 0.939. The first-order valence-corrected chi connectivity index (χ1v) is 3.16. The van der Waals surface area contributed by atoms with Gasteiger partial charge in [0, 0.05) is 13.1 Å². The van der Waals surface area contributed by atoms with Gasteiger partial charge in [0.25, 0.3) is 0 Å². The van der Waals surface area contributed by atoms with Gasteiger partial charge in [0.1, 0.15) is 0 Å². The van der Waals surface area contributed by atoms with E-state index in [-0.39, 0.29) is 6.03 Å². The molecule has 3 N–H and O–H groups in total. The molecule has 1 aliphatic rings. The van der Waals surface area contributed by atoms with Crippen molar-refractivity contribution >= 4 is 12.0 Å². The highest BCUT2D eigenvalue weighted by Crippen LogP contribution is 2.13. The summed E-state index contributed by atoms with van der Waals surface area (Å²) in [4.78, 5) is 18.9. The topological polar surface area (TPSA) is 78.4 Å². The van der Waals surface area contributed by atoms with Gasteiger partial charge in [-0.15, -0.1) is 0 Å².